The predicted octanol–water partition coefficient (Wildman–Crippen LogP) is 2.75. The highest BCUT2D eigenvalue weighted by Gasteiger charge is 2.12. The van der Waals surface area contributed by atoms with Gasteiger partial charge in [-0.2, -0.15) is 0 Å². The van der Waals surface area contributed by atoms with Gasteiger partial charge in [-0.3, -0.25) is 0 Å². The molecule has 0 atom stereocenters. The van der Waals surface area contributed by atoms with Crippen molar-refractivity contribution in [2.45, 2.75) is 18.7 Å². The summed E-state index contributed by atoms with van der Waals surface area (Å²) in [5.74, 6) is 1.57. The van der Waals surface area contributed by atoms with E-state index in [9.17, 15) is 0 Å². The van der Waals surface area contributed by atoms with Gasteiger partial charge >= 0.3 is 0 Å². The smallest absolute Gasteiger partial charge is 0.126 e. The molecule has 0 aromatic heterocycles. The largest absolute Gasteiger partial charge is 0.493 e. The number of para-hydroxylation sites is 1. The summed E-state index contributed by atoms with van der Waals surface area (Å²) in [6.07, 6.45) is 2.25. The summed E-state index contributed by atoms with van der Waals surface area (Å²) in [5, 5.41) is 0. The van der Waals surface area contributed by atoms with Crippen LogP contribution in [-0.4, -0.2) is 6.61 Å². The lowest BCUT2D eigenvalue weighted by molar-refractivity contribution is 0.286. The maximum Gasteiger partial charge on any atom is 0.126 e. The first kappa shape index (κ1) is 7.93. The summed E-state index contributed by atoms with van der Waals surface area (Å²) in [5.41, 5.74) is 2.42. The molecule has 0 radical (unpaired) electrons. The topological polar surface area (TPSA) is 9.23 Å². The third-order valence-electron chi connectivity index (χ3n) is 2.16. The Morgan fingerprint density at radius 1 is 1.42 bits per heavy atom. The Morgan fingerprint density at radius 2 is 2.33 bits per heavy atom. The van der Waals surface area contributed by atoms with Crippen molar-refractivity contribution in [2.24, 2.45) is 0 Å². The second kappa shape index (κ2) is 3.36. The fraction of sp³-hybridized carbons (Fsp3) is 0.400. The van der Waals surface area contributed by atoms with Crippen LogP contribution in [-0.2, 0) is 12.3 Å². The number of hydrogen-bond donors (Lipinski definition) is 0. The lowest BCUT2D eigenvalue weighted by Crippen LogP contribution is -2.09. The van der Waals surface area contributed by atoms with E-state index in [1.165, 1.54) is 5.56 Å². The van der Waals surface area contributed by atoms with E-state index in [2.05, 4.69) is 6.07 Å². The minimum atomic E-state index is 0.545. The molecule has 0 N–H and O–H groups in total. The van der Waals surface area contributed by atoms with Gasteiger partial charge in [0.1, 0.15) is 5.75 Å². The van der Waals surface area contributed by atoms with Crippen LogP contribution in [0.4, 0.5) is 0 Å². The van der Waals surface area contributed by atoms with E-state index >= 15 is 0 Å². The fourth-order valence-corrected chi connectivity index (χ4v) is 1.77. The van der Waals surface area contributed by atoms with Crippen molar-refractivity contribution >= 4 is 11.6 Å². The number of benzene rings is 1. The highest BCUT2D eigenvalue weighted by Crippen LogP contribution is 2.29. The number of hydrogen-bond acceptors (Lipinski definition) is 1. The van der Waals surface area contributed by atoms with Gasteiger partial charge in [0.15, 0.2) is 0 Å². The van der Waals surface area contributed by atoms with E-state index in [0.29, 0.717) is 5.88 Å². The van der Waals surface area contributed by atoms with Crippen molar-refractivity contribution in [1.29, 1.82) is 0 Å². The average molecular weight is 183 g/mol. The number of aryl methyl sites for hydroxylation is 1. The molecule has 0 fully saturated rings. The quantitative estimate of drug-likeness (QED) is 0.607. The summed E-state index contributed by atoms with van der Waals surface area (Å²) in [6.45, 7) is 0.834. The second-order valence-corrected chi connectivity index (χ2v) is 3.26. The Kier molecular flexibility index (Phi) is 2.22. The van der Waals surface area contributed by atoms with Crippen LogP contribution in [0.5, 0.6) is 5.75 Å². The van der Waals surface area contributed by atoms with Crippen molar-refractivity contribution in [3.8, 4) is 5.75 Å². The van der Waals surface area contributed by atoms with Gasteiger partial charge in [0.05, 0.1) is 12.5 Å². The van der Waals surface area contributed by atoms with Crippen molar-refractivity contribution < 1.29 is 4.74 Å². The standard InChI is InChI=1S/C10H11ClO/c11-7-9-4-1-3-8-5-2-6-12-10(8)9/h1,3-4H,2,5-7H2. The summed E-state index contributed by atoms with van der Waals surface area (Å²) in [7, 11) is 0. The zero-order valence-electron chi connectivity index (χ0n) is 6.85. The minimum Gasteiger partial charge on any atom is -0.493 e. The molecule has 2 rings (SSSR count). The molecule has 0 amide bonds. The lowest BCUT2D eigenvalue weighted by atomic mass is 10.0. The van der Waals surface area contributed by atoms with Crippen molar-refractivity contribution in [3.05, 3.63) is 29.3 Å². The van der Waals surface area contributed by atoms with E-state index in [4.69, 9.17) is 16.3 Å². The average Bonchev–Trinajstić information content (AvgIpc) is 2.17. The maximum atomic E-state index is 5.78. The maximum absolute atomic E-state index is 5.78. The van der Waals surface area contributed by atoms with Crippen LogP contribution in [0.15, 0.2) is 18.2 Å². The molecular formula is C10H11ClO. The Hall–Kier alpha value is -0.690. The summed E-state index contributed by atoms with van der Waals surface area (Å²) in [4.78, 5) is 0. The number of fused-ring (bicyclic) bond motifs is 1. The first-order valence-electron chi connectivity index (χ1n) is 4.21. The molecule has 0 saturated heterocycles. The summed E-state index contributed by atoms with van der Waals surface area (Å²) < 4.78 is 5.56. The van der Waals surface area contributed by atoms with Gasteiger partial charge in [-0.05, 0) is 18.4 Å². The zero-order chi connectivity index (χ0) is 8.39. The third-order valence-corrected chi connectivity index (χ3v) is 2.45. The van der Waals surface area contributed by atoms with Crippen LogP contribution < -0.4 is 4.74 Å². The molecule has 12 heavy (non-hydrogen) atoms. The van der Waals surface area contributed by atoms with Crippen LogP contribution in [0, 0.1) is 0 Å². The Labute approximate surface area is 77.3 Å². The highest BCUT2D eigenvalue weighted by atomic mass is 35.5. The van der Waals surface area contributed by atoms with E-state index in [0.717, 1.165) is 30.8 Å². The molecule has 1 heterocycles. The molecule has 64 valence electrons. The van der Waals surface area contributed by atoms with Gasteiger partial charge in [0, 0.05) is 5.56 Å². The normalized spacial score (nSPS) is 15.1. The SMILES string of the molecule is ClCc1cccc2c1OCCC2. The minimum absolute atomic E-state index is 0.545. The molecule has 0 bridgehead atoms. The van der Waals surface area contributed by atoms with Crippen molar-refractivity contribution in [3.63, 3.8) is 0 Å². The van der Waals surface area contributed by atoms with Gasteiger partial charge < -0.3 is 4.74 Å². The lowest BCUT2D eigenvalue weighted by Gasteiger charge is -2.19. The van der Waals surface area contributed by atoms with Crippen LogP contribution in [0.25, 0.3) is 0 Å². The molecular weight excluding hydrogens is 172 g/mol. The van der Waals surface area contributed by atoms with E-state index in [-0.39, 0.29) is 0 Å². The predicted molar refractivity (Wildman–Crippen MR) is 49.8 cm³/mol. The molecule has 1 nitrogen and oxygen atoms in total. The first-order valence-corrected chi connectivity index (χ1v) is 4.75. The van der Waals surface area contributed by atoms with Crippen LogP contribution in [0.1, 0.15) is 17.5 Å². The Morgan fingerprint density at radius 3 is 3.17 bits per heavy atom. The van der Waals surface area contributed by atoms with Gasteiger partial charge in [-0.1, -0.05) is 18.2 Å². The molecule has 0 aliphatic carbocycles. The highest BCUT2D eigenvalue weighted by molar-refractivity contribution is 6.17. The van der Waals surface area contributed by atoms with Crippen molar-refractivity contribution in [2.75, 3.05) is 6.61 Å². The number of ether oxygens (including phenoxy) is 1. The molecule has 2 heteroatoms. The zero-order valence-corrected chi connectivity index (χ0v) is 7.60. The Balaban J connectivity index is 2.44. The van der Waals surface area contributed by atoms with Crippen molar-refractivity contribution in [1.82, 2.24) is 0 Å². The number of halogens is 1. The van der Waals surface area contributed by atoms with Gasteiger partial charge in [0.25, 0.3) is 0 Å². The van der Waals surface area contributed by atoms with E-state index in [1.807, 2.05) is 12.1 Å². The Bertz CT molecular complexity index is 269. The third kappa shape index (κ3) is 1.29. The molecule has 1 aromatic carbocycles. The summed E-state index contributed by atoms with van der Waals surface area (Å²) in [6, 6.07) is 6.19. The van der Waals surface area contributed by atoms with Gasteiger partial charge in [-0.25, -0.2) is 0 Å². The van der Waals surface area contributed by atoms with Crippen LogP contribution in [0.3, 0.4) is 0 Å². The fourth-order valence-electron chi connectivity index (χ4n) is 1.56. The molecule has 1 aliphatic heterocycles. The number of alkyl halides is 1. The molecule has 1 aliphatic rings. The van der Waals surface area contributed by atoms with Crippen LogP contribution in [0.2, 0.25) is 0 Å². The first-order chi connectivity index (χ1) is 5.92. The number of rotatable bonds is 1. The van der Waals surface area contributed by atoms with Crippen LogP contribution >= 0.6 is 11.6 Å². The molecule has 0 saturated carbocycles. The molecule has 1 aromatic rings. The van der Waals surface area contributed by atoms with Gasteiger partial charge in [0.2, 0.25) is 0 Å². The molecule has 0 unspecified atom stereocenters. The van der Waals surface area contributed by atoms with Gasteiger partial charge in [-0.15, -0.1) is 11.6 Å². The summed E-state index contributed by atoms with van der Waals surface area (Å²) >= 11 is 5.78. The molecule has 0 spiro atoms. The second-order valence-electron chi connectivity index (χ2n) is 2.99. The monoisotopic (exact) mass is 182 g/mol. The van der Waals surface area contributed by atoms with E-state index < -0.39 is 0 Å². The van der Waals surface area contributed by atoms with E-state index in [1.54, 1.807) is 0 Å².